The van der Waals surface area contributed by atoms with E-state index in [2.05, 4.69) is 30.5 Å². The van der Waals surface area contributed by atoms with E-state index in [1.54, 1.807) is 29.2 Å². The van der Waals surface area contributed by atoms with E-state index in [-0.39, 0.29) is 24.2 Å². The first kappa shape index (κ1) is 26.1. The number of benzene rings is 1. The highest BCUT2D eigenvalue weighted by atomic mass is 16.5. The summed E-state index contributed by atoms with van der Waals surface area (Å²) in [6, 6.07) is 6.39. The van der Waals surface area contributed by atoms with Crippen LogP contribution in [-0.2, 0) is 14.3 Å². The maximum Gasteiger partial charge on any atom is 0.326 e. The number of amides is 3. The molecule has 2 saturated heterocycles. The molecule has 3 amide bonds. The molecule has 3 aromatic rings. The second-order valence-electron chi connectivity index (χ2n) is 9.02. The number of carbonyl (C=O) groups is 3. The lowest BCUT2D eigenvalue weighted by molar-refractivity contribution is -0.125. The van der Waals surface area contributed by atoms with E-state index < -0.39 is 6.03 Å². The van der Waals surface area contributed by atoms with Crippen molar-refractivity contribution in [2.24, 2.45) is 0 Å². The van der Waals surface area contributed by atoms with Gasteiger partial charge in [0.1, 0.15) is 18.1 Å². The van der Waals surface area contributed by atoms with Crippen LogP contribution >= 0.6 is 0 Å². The van der Waals surface area contributed by atoms with Crippen molar-refractivity contribution in [2.45, 2.75) is 13.8 Å². The number of hydrogen-bond acceptors (Lipinski definition) is 10. The Bertz CT molecular complexity index is 1370. The van der Waals surface area contributed by atoms with Crippen molar-refractivity contribution in [3.63, 3.8) is 0 Å². The maximum absolute atomic E-state index is 12.5. The van der Waals surface area contributed by atoms with Gasteiger partial charge < -0.3 is 24.6 Å². The molecule has 0 atom stereocenters. The Kier molecular flexibility index (Phi) is 7.70. The highest BCUT2D eigenvalue weighted by Crippen LogP contribution is 2.26. The van der Waals surface area contributed by atoms with Gasteiger partial charge in [-0.05, 0) is 31.2 Å². The van der Waals surface area contributed by atoms with Crippen molar-refractivity contribution < 1.29 is 23.9 Å². The van der Waals surface area contributed by atoms with E-state index in [0.717, 1.165) is 5.69 Å². The average molecular weight is 533 g/mol. The van der Waals surface area contributed by atoms with Crippen LogP contribution in [0.3, 0.4) is 0 Å². The molecule has 2 aliphatic heterocycles. The molecular weight excluding hydrogens is 504 g/mol. The number of nitrogens with one attached hydrogen (secondary N) is 2. The van der Waals surface area contributed by atoms with Crippen molar-refractivity contribution in [3.05, 3.63) is 47.9 Å². The number of hydrogen-bond donors (Lipinski definition) is 2. The molecule has 2 aliphatic rings. The summed E-state index contributed by atoms with van der Waals surface area (Å²) in [5, 5.41) is 5.30. The van der Waals surface area contributed by atoms with Gasteiger partial charge in [0.15, 0.2) is 11.6 Å². The number of anilines is 4. The molecule has 39 heavy (non-hydrogen) atoms. The normalized spacial score (nSPS) is 15.7. The van der Waals surface area contributed by atoms with Crippen LogP contribution in [0.15, 0.2) is 36.7 Å². The monoisotopic (exact) mass is 532 g/mol. The van der Waals surface area contributed by atoms with Crippen molar-refractivity contribution in [3.8, 4) is 11.4 Å². The number of rotatable bonds is 6. The van der Waals surface area contributed by atoms with E-state index in [4.69, 9.17) is 14.5 Å². The van der Waals surface area contributed by atoms with E-state index in [9.17, 15) is 14.4 Å². The van der Waals surface area contributed by atoms with Gasteiger partial charge in [-0.1, -0.05) is 0 Å². The lowest BCUT2D eigenvalue weighted by Gasteiger charge is -2.29. The third-order valence-corrected chi connectivity index (χ3v) is 6.32. The van der Waals surface area contributed by atoms with Gasteiger partial charge >= 0.3 is 6.03 Å². The number of carbonyl (C=O) groups excluding carboxylic acids is 3. The van der Waals surface area contributed by atoms with Gasteiger partial charge in [-0.2, -0.15) is 0 Å². The minimum atomic E-state index is -0.530. The molecule has 13 heteroatoms. The number of ketones is 1. The fourth-order valence-electron chi connectivity index (χ4n) is 4.35. The molecule has 0 saturated carbocycles. The predicted octanol–water partition coefficient (Wildman–Crippen LogP) is 2.29. The first-order valence-electron chi connectivity index (χ1n) is 12.5. The number of morpholine rings is 2. The second-order valence-corrected chi connectivity index (χ2v) is 9.02. The maximum atomic E-state index is 12.5. The van der Waals surface area contributed by atoms with Crippen molar-refractivity contribution in [1.82, 2.24) is 19.9 Å². The second kappa shape index (κ2) is 11.5. The van der Waals surface area contributed by atoms with E-state index in [1.165, 1.54) is 19.3 Å². The minimum absolute atomic E-state index is 0.0597. The molecule has 0 spiro atoms. The zero-order valence-corrected chi connectivity index (χ0v) is 21.6. The van der Waals surface area contributed by atoms with Crippen molar-refractivity contribution in [1.29, 1.82) is 0 Å². The molecule has 2 N–H and O–H groups in total. The molecule has 1 aromatic carbocycles. The Labute approximate surface area is 224 Å². The molecule has 2 fully saturated rings. The molecule has 202 valence electrons. The van der Waals surface area contributed by atoms with Crippen LogP contribution in [0.5, 0.6) is 0 Å². The highest BCUT2D eigenvalue weighted by Gasteiger charge is 2.22. The highest BCUT2D eigenvalue weighted by molar-refractivity contribution is 5.99. The van der Waals surface area contributed by atoms with Crippen LogP contribution in [0.1, 0.15) is 23.0 Å². The van der Waals surface area contributed by atoms with Crippen LogP contribution in [0.25, 0.3) is 11.4 Å². The van der Waals surface area contributed by atoms with Crippen LogP contribution < -0.4 is 20.4 Å². The zero-order valence-electron chi connectivity index (χ0n) is 21.6. The Morgan fingerprint density at radius 3 is 2.28 bits per heavy atom. The lowest BCUT2D eigenvalue weighted by atomic mass is 10.1. The SMILES string of the molecule is CC(=O)c1nc(-c2cnc(NC(=O)Nc3ccc(N4CCOCC4=O)cc3)nc2)nc(N2CCOCC2)c1C. The largest absolute Gasteiger partial charge is 0.378 e. The van der Waals surface area contributed by atoms with E-state index in [0.29, 0.717) is 73.6 Å². The van der Waals surface area contributed by atoms with Gasteiger partial charge in [0.05, 0.1) is 25.4 Å². The Morgan fingerprint density at radius 1 is 0.923 bits per heavy atom. The summed E-state index contributed by atoms with van der Waals surface area (Å²) in [4.78, 5) is 58.1. The molecule has 2 aromatic heterocycles. The molecule has 0 radical (unpaired) electrons. The first-order valence-corrected chi connectivity index (χ1v) is 12.5. The minimum Gasteiger partial charge on any atom is -0.378 e. The number of ether oxygens (including phenoxy) is 2. The van der Waals surface area contributed by atoms with Crippen LogP contribution in [0, 0.1) is 6.92 Å². The average Bonchev–Trinajstić information content (AvgIpc) is 2.95. The zero-order chi connectivity index (χ0) is 27.4. The molecule has 4 heterocycles. The first-order chi connectivity index (χ1) is 18.9. The van der Waals surface area contributed by atoms with Gasteiger partial charge in [-0.25, -0.2) is 24.7 Å². The predicted molar refractivity (Wildman–Crippen MR) is 143 cm³/mol. The lowest BCUT2D eigenvalue weighted by Crippen LogP contribution is -2.41. The summed E-state index contributed by atoms with van der Waals surface area (Å²) >= 11 is 0. The molecule has 0 aliphatic carbocycles. The van der Waals surface area contributed by atoms with Crippen molar-refractivity contribution in [2.75, 3.05) is 66.5 Å². The summed E-state index contributed by atoms with van der Waals surface area (Å²) in [5.41, 5.74) is 2.83. The van der Waals surface area contributed by atoms with Gasteiger partial charge in [0.2, 0.25) is 5.95 Å². The van der Waals surface area contributed by atoms with Crippen LogP contribution in [-0.4, -0.2) is 83.7 Å². The molecular formula is C26H28N8O5. The number of nitrogens with zero attached hydrogens (tertiary/aromatic N) is 6. The van der Waals surface area contributed by atoms with Gasteiger partial charge in [-0.3, -0.25) is 14.9 Å². The molecule has 0 unspecified atom stereocenters. The molecule has 13 nitrogen and oxygen atoms in total. The number of Topliss-reactive ketones (excluding diaryl/α,β-unsaturated/α-hetero) is 1. The Balaban J connectivity index is 1.26. The van der Waals surface area contributed by atoms with Gasteiger partial charge in [0.25, 0.3) is 5.91 Å². The van der Waals surface area contributed by atoms with Crippen LogP contribution in [0.2, 0.25) is 0 Å². The van der Waals surface area contributed by atoms with E-state index >= 15 is 0 Å². The summed E-state index contributed by atoms with van der Waals surface area (Å²) in [7, 11) is 0. The topological polar surface area (TPSA) is 152 Å². The summed E-state index contributed by atoms with van der Waals surface area (Å²) in [6.45, 7) is 6.82. The summed E-state index contributed by atoms with van der Waals surface area (Å²) < 4.78 is 10.6. The summed E-state index contributed by atoms with van der Waals surface area (Å²) in [6.07, 6.45) is 2.99. The van der Waals surface area contributed by atoms with Crippen LogP contribution in [0.4, 0.5) is 27.9 Å². The third-order valence-electron chi connectivity index (χ3n) is 6.32. The molecule has 5 rings (SSSR count). The summed E-state index contributed by atoms with van der Waals surface area (Å²) in [5.74, 6) is 0.817. The smallest absolute Gasteiger partial charge is 0.326 e. The Hall–Kier alpha value is -4.49. The van der Waals surface area contributed by atoms with Gasteiger partial charge in [-0.15, -0.1) is 0 Å². The number of aromatic nitrogens is 4. The van der Waals surface area contributed by atoms with E-state index in [1.807, 2.05) is 6.92 Å². The standard InChI is InChI=1S/C26H28N8O5/c1-16-22(17(2)35)30-23(31-24(16)33-7-10-38-11-8-33)18-13-27-25(28-14-18)32-26(37)29-19-3-5-20(6-4-19)34-9-12-39-15-21(34)36/h3-6,13-14H,7-12,15H2,1-2H3,(H2,27,28,29,32,37). The fourth-order valence-corrected chi connectivity index (χ4v) is 4.35. The molecule has 0 bridgehead atoms. The number of urea groups is 1. The third kappa shape index (κ3) is 5.99. The van der Waals surface area contributed by atoms with Crippen molar-refractivity contribution >= 4 is 40.9 Å². The quantitative estimate of drug-likeness (QED) is 0.452. The fraction of sp³-hybridized carbons (Fsp3) is 0.346. The Morgan fingerprint density at radius 2 is 1.62 bits per heavy atom. The van der Waals surface area contributed by atoms with Gasteiger partial charge in [0, 0.05) is 55.9 Å².